The topological polar surface area (TPSA) is 98.5 Å². The number of alkyl halides is 3. The summed E-state index contributed by atoms with van der Waals surface area (Å²) in [6.45, 7) is 1.20. The molecule has 11 heteroatoms. The van der Waals surface area contributed by atoms with Gasteiger partial charge in [-0.15, -0.1) is 0 Å². The highest BCUT2D eigenvalue weighted by atomic mass is 35.5. The van der Waals surface area contributed by atoms with Gasteiger partial charge in [-0.1, -0.05) is 11.6 Å². The molecule has 0 bridgehead atoms. The Balaban J connectivity index is 2.07. The molecule has 28 heavy (non-hydrogen) atoms. The Hall–Kier alpha value is -3.14. The third-order valence-electron chi connectivity index (χ3n) is 3.51. The lowest BCUT2D eigenvalue weighted by Gasteiger charge is -2.14. The number of amides is 1. The van der Waals surface area contributed by atoms with E-state index in [1.165, 1.54) is 13.0 Å². The molecule has 0 spiro atoms. The van der Waals surface area contributed by atoms with Crippen LogP contribution < -0.4 is 5.32 Å². The van der Waals surface area contributed by atoms with Gasteiger partial charge in [0, 0.05) is 16.8 Å². The zero-order valence-corrected chi connectivity index (χ0v) is 14.9. The number of carbonyl (C=O) groups is 2. The predicted octanol–water partition coefficient (Wildman–Crippen LogP) is 4.45. The van der Waals surface area contributed by atoms with E-state index in [-0.39, 0.29) is 10.7 Å². The van der Waals surface area contributed by atoms with Crippen LogP contribution in [0.4, 0.5) is 24.5 Å². The first-order valence-corrected chi connectivity index (χ1v) is 8.00. The molecule has 1 N–H and O–H groups in total. The summed E-state index contributed by atoms with van der Waals surface area (Å²) >= 11 is 5.73. The van der Waals surface area contributed by atoms with Gasteiger partial charge in [0.2, 0.25) is 0 Å². The molecule has 0 heterocycles. The van der Waals surface area contributed by atoms with Crippen molar-refractivity contribution in [3.05, 3.63) is 68.7 Å². The van der Waals surface area contributed by atoms with E-state index in [2.05, 4.69) is 5.32 Å². The zero-order chi connectivity index (χ0) is 21.1. The summed E-state index contributed by atoms with van der Waals surface area (Å²) in [6.07, 6.45) is -5.90. The van der Waals surface area contributed by atoms with E-state index in [0.29, 0.717) is 0 Å². The number of hydrogen-bond donors (Lipinski definition) is 1. The number of anilines is 1. The van der Waals surface area contributed by atoms with Gasteiger partial charge in [-0.3, -0.25) is 14.9 Å². The molecule has 2 rings (SSSR count). The van der Waals surface area contributed by atoms with Crippen LogP contribution in [0.5, 0.6) is 0 Å². The van der Waals surface area contributed by atoms with Crippen molar-refractivity contribution in [1.82, 2.24) is 0 Å². The maximum absolute atomic E-state index is 12.5. The average Bonchev–Trinajstić information content (AvgIpc) is 2.60. The Kier molecular flexibility index (Phi) is 6.24. The highest BCUT2D eigenvalue weighted by molar-refractivity contribution is 6.31. The van der Waals surface area contributed by atoms with E-state index >= 15 is 0 Å². The van der Waals surface area contributed by atoms with Crippen LogP contribution >= 0.6 is 11.6 Å². The Morgan fingerprint density at radius 2 is 1.79 bits per heavy atom. The van der Waals surface area contributed by atoms with Crippen molar-refractivity contribution in [2.75, 3.05) is 5.32 Å². The number of carbonyl (C=O) groups excluding carboxylic acids is 2. The molecule has 0 unspecified atom stereocenters. The van der Waals surface area contributed by atoms with Crippen LogP contribution in [0.1, 0.15) is 22.8 Å². The van der Waals surface area contributed by atoms with Crippen LogP contribution in [-0.2, 0) is 15.7 Å². The molecule has 0 aromatic heterocycles. The van der Waals surface area contributed by atoms with Crippen molar-refractivity contribution >= 4 is 34.9 Å². The first kappa shape index (κ1) is 21.2. The van der Waals surface area contributed by atoms with Gasteiger partial charge in [0.05, 0.1) is 10.5 Å². The molecule has 0 aliphatic heterocycles. The number of nitrogens with zero attached hydrogens (tertiary/aromatic N) is 1. The van der Waals surface area contributed by atoms with Crippen LogP contribution in [0.15, 0.2) is 42.5 Å². The molecule has 7 nitrogen and oxygen atoms in total. The Labute approximate surface area is 161 Å². The number of rotatable bonds is 5. The first-order valence-electron chi connectivity index (χ1n) is 7.62. The molecule has 1 amide bonds. The standard InChI is InChI=1S/C17H12ClF3N2O5/c1-9(15(24)22-12-5-2-10(3-6-12)17(19,20)21)28-16(25)13-8-11(18)4-7-14(13)23(26)27/h2-9H,1H3,(H,22,24)/t9-/m0/s1. The first-order chi connectivity index (χ1) is 13.0. The highest BCUT2D eigenvalue weighted by Gasteiger charge is 2.30. The highest BCUT2D eigenvalue weighted by Crippen LogP contribution is 2.30. The van der Waals surface area contributed by atoms with Gasteiger partial charge in [-0.25, -0.2) is 4.79 Å². The maximum Gasteiger partial charge on any atom is 0.416 e. The molecule has 0 radical (unpaired) electrons. The smallest absolute Gasteiger partial charge is 0.416 e. The number of esters is 1. The van der Waals surface area contributed by atoms with Gasteiger partial charge in [-0.05, 0) is 43.3 Å². The number of benzene rings is 2. The normalized spacial score (nSPS) is 12.2. The van der Waals surface area contributed by atoms with Gasteiger partial charge in [0.25, 0.3) is 11.6 Å². The number of nitro groups is 1. The van der Waals surface area contributed by atoms with Crippen molar-refractivity contribution in [1.29, 1.82) is 0 Å². The van der Waals surface area contributed by atoms with Crippen LogP contribution in [0.3, 0.4) is 0 Å². The van der Waals surface area contributed by atoms with Gasteiger partial charge in [-0.2, -0.15) is 13.2 Å². The predicted molar refractivity (Wildman–Crippen MR) is 93.1 cm³/mol. The molecule has 2 aromatic carbocycles. The van der Waals surface area contributed by atoms with E-state index in [4.69, 9.17) is 16.3 Å². The Morgan fingerprint density at radius 3 is 2.32 bits per heavy atom. The molecule has 0 saturated carbocycles. The number of ether oxygens (including phenoxy) is 1. The molecule has 1 atom stereocenters. The molecule has 0 saturated heterocycles. The van der Waals surface area contributed by atoms with Crippen molar-refractivity contribution < 1.29 is 32.4 Å². The van der Waals surface area contributed by atoms with Gasteiger partial charge >= 0.3 is 12.1 Å². The lowest BCUT2D eigenvalue weighted by atomic mass is 10.2. The molecule has 2 aromatic rings. The summed E-state index contributed by atoms with van der Waals surface area (Å²) < 4.78 is 42.5. The van der Waals surface area contributed by atoms with Crippen LogP contribution in [0.25, 0.3) is 0 Å². The van der Waals surface area contributed by atoms with Crippen molar-refractivity contribution in [2.45, 2.75) is 19.2 Å². The van der Waals surface area contributed by atoms with Gasteiger partial charge in [0.1, 0.15) is 5.56 Å². The van der Waals surface area contributed by atoms with E-state index in [0.717, 1.165) is 36.4 Å². The third kappa shape index (κ3) is 5.19. The lowest BCUT2D eigenvalue weighted by Crippen LogP contribution is -2.30. The third-order valence-corrected chi connectivity index (χ3v) is 3.74. The summed E-state index contributed by atoms with van der Waals surface area (Å²) in [5.41, 5.74) is -1.83. The molecule has 0 aliphatic carbocycles. The maximum atomic E-state index is 12.5. The monoisotopic (exact) mass is 416 g/mol. The minimum Gasteiger partial charge on any atom is -0.449 e. The zero-order valence-electron chi connectivity index (χ0n) is 14.1. The van der Waals surface area contributed by atoms with Crippen molar-refractivity contribution in [2.24, 2.45) is 0 Å². The largest absolute Gasteiger partial charge is 0.449 e. The van der Waals surface area contributed by atoms with Crippen molar-refractivity contribution in [3.63, 3.8) is 0 Å². The number of hydrogen-bond acceptors (Lipinski definition) is 5. The van der Waals surface area contributed by atoms with E-state index in [1.54, 1.807) is 0 Å². The average molecular weight is 417 g/mol. The number of nitrogens with one attached hydrogen (secondary N) is 1. The molecular formula is C17H12ClF3N2O5. The van der Waals surface area contributed by atoms with Crippen LogP contribution in [-0.4, -0.2) is 22.9 Å². The molecule has 0 aliphatic rings. The second kappa shape index (κ2) is 8.26. The van der Waals surface area contributed by atoms with E-state index in [9.17, 15) is 32.9 Å². The molecular weight excluding hydrogens is 405 g/mol. The summed E-state index contributed by atoms with van der Waals surface area (Å²) in [6, 6.07) is 6.91. The quantitative estimate of drug-likeness (QED) is 0.441. The molecule has 0 fully saturated rings. The Bertz CT molecular complexity index is 916. The van der Waals surface area contributed by atoms with Gasteiger partial charge < -0.3 is 10.1 Å². The summed E-state index contributed by atoms with van der Waals surface area (Å²) in [7, 11) is 0. The summed E-state index contributed by atoms with van der Waals surface area (Å²) in [4.78, 5) is 34.4. The van der Waals surface area contributed by atoms with Crippen LogP contribution in [0, 0.1) is 10.1 Å². The Morgan fingerprint density at radius 1 is 1.18 bits per heavy atom. The fourth-order valence-corrected chi connectivity index (χ4v) is 2.27. The minimum absolute atomic E-state index is 0.0506. The fourth-order valence-electron chi connectivity index (χ4n) is 2.09. The molecule has 148 valence electrons. The van der Waals surface area contributed by atoms with Gasteiger partial charge in [0.15, 0.2) is 6.10 Å². The van der Waals surface area contributed by atoms with Crippen LogP contribution in [0.2, 0.25) is 5.02 Å². The minimum atomic E-state index is -4.52. The van der Waals surface area contributed by atoms with E-state index < -0.39 is 45.9 Å². The second-order valence-corrected chi connectivity index (χ2v) is 5.97. The van der Waals surface area contributed by atoms with E-state index in [1.807, 2.05) is 0 Å². The summed E-state index contributed by atoms with van der Waals surface area (Å²) in [5.74, 6) is -1.98. The second-order valence-electron chi connectivity index (χ2n) is 5.53. The number of nitro benzene ring substituents is 1. The fraction of sp³-hybridized carbons (Fsp3) is 0.176. The van der Waals surface area contributed by atoms with Crippen molar-refractivity contribution in [3.8, 4) is 0 Å². The number of halogens is 4. The summed E-state index contributed by atoms with van der Waals surface area (Å²) in [5, 5.41) is 13.3. The SMILES string of the molecule is C[C@H](OC(=O)c1cc(Cl)ccc1[N+](=O)[O-])C(=O)Nc1ccc(C(F)(F)F)cc1. The lowest BCUT2D eigenvalue weighted by molar-refractivity contribution is -0.385.